The Bertz CT molecular complexity index is 1430. The SMILES string of the molecule is CCCCCCOc1ccc(-c2nc3s/c(=C/c4ccc(OC(C)=O)c(OC)c4)c(=O)n3n2)cc1. The highest BCUT2D eigenvalue weighted by molar-refractivity contribution is 7.15. The normalized spacial score (nSPS) is 11.7. The van der Waals surface area contributed by atoms with Crippen molar-refractivity contribution in [3.63, 3.8) is 0 Å². The van der Waals surface area contributed by atoms with Crippen LogP contribution < -0.4 is 24.3 Å². The molecule has 182 valence electrons. The summed E-state index contributed by atoms with van der Waals surface area (Å²) in [5, 5.41) is 4.41. The van der Waals surface area contributed by atoms with Gasteiger partial charge in [-0.3, -0.25) is 9.59 Å². The molecule has 4 rings (SSSR count). The van der Waals surface area contributed by atoms with Gasteiger partial charge in [0.05, 0.1) is 18.2 Å². The van der Waals surface area contributed by atoms with Crippen LogP contribution in [0.15, 0.2) is 47.3 Å². The second-order valence-electron chi connectivity index (χ2n) is 7.98. The first-order valence-corrected chi connectivity index (χ1v) is 12.3. The summed E-state index contributed by atoms with van der Waals surface area (Å²) >= 11 is 1.25. The van der Waals surface area contributed by atoms with Crippen LogP contribution in [0.4, 0.5) is 0 Å². The van der Waals surface area contributed by atoms with Crippen molar-refractivity contribution in [2.45, 2.75) is 39.5 Å². The summed E-state index contributed by atoms with van der Waals surface area (Å²) in [6.45, 7) is 4.21. The van der Waals surface area contributed by atoms with Crippen LogP contribution in [0, 0.1) is 0 Å². The molecule has 0 radical (unpaired) electrons. The number of benzene rings is 2. The third-order valence-electron chi connectivity index (χ3n) is 5.30. The van der Waals surface area contributed by atoms with Gasteiger partial charge in [-0.2, -0.15) is 9.50 Å². The summed E-state index contributed by atoms with van der Waals surface area (Å²) in [5.41, 5.74) is 1.29. The molecule has 0 N–H and O–H groups in total. The van der Waals surface area contributed by atoms with Crippen LogP contribution in [-0.4, -0.2) is 34.3 Å². The van der Waals surface area contributed by atoms with E-state index in [2.05, 4.69) is 17.0 Å². The molecule has 0 aliphatic carbocycles. The largest absolute Gasteiger partial charge is 0.494 e. The van der Waals surface area contributed by atoms with Crippen molar-refractivity contribution in [2.75, 3.05) is 13.7 Å². The lowest BCUT2D eigenvalue weighted by Gasteiger charge is -2.08. The lowest BCUT2D eigenvalue weighted by Crippen LogP contribution is -2.23. The summed E-state index contributed by atoms with van der Waals surface area (Å²) in [6.07, 6.45) is 6.38. The number of aromatic nitrogens is 3. The Labute approximate surface area is 206 Å². The van der Waals surface area contributed by atoms with Crippen LogP contribution in [0.3, 0.4) is 0 Å². The van der Waals surface area contributed by atoms with E-state index in [9.17, 15) is 9.59 Å². The molecule has 0 fully saturated rings. The van der Waals surface area contributed by atoms with Crippen molar-refractivity contribution in [1.82, 2.24) is 14.6 Å². The van der Waals surface area contributed by atoms with Gasteiger partial charge in [0.15, 0.2) is 17.3 Å². The quantitative estimate of drug-likeness (QED) is 0.185. The van der Waals surface area contributed by atoms with Crippen molar-refractivity contribution in [1.29, 1.82) is 0 Å². The van der Waals surface area contributed by atoms with Gasteiger partial charge in [-0.05, 0) is 54.5 Å². The number of rotatable bonds is 10. The molecule has 0 spiro atoms. The molecule has 9 heteroatoms. The van der Waals surface area contributed by atoms with E-state index in [0.717, 1.165) is 23.3 Å². The number of methoxy groups -OCH3 is 1. The van der Waals surface area contributed by atoms with Crippen molar-refractivity contribution < 1.29 is 19.0 Å². The molecule has 0 aliphatic rings. The Morgan fingerprint density at radius 1 is 1.09 bits per heavy atom. The Morgan fingerprint density at radius 3 is 2.57 bits per heavy atom. The van der Waals surface area contributed by atoms with E-state index in [1.54, 1.807) is 24.3 Å². The highest BCUT2D eigenvalue weighted by atomic mass is 32.1. The number of thiazole rings is 1. The summed E-state index contributed by atoms with van der Waals surface area (Å²) in [5.74, 6) is 1.58. The highest BCUT2D eigenvalue weighted by Crippen LogP contribution is 2.28. The average molecular weight is 494 g/mol. The first kappa shape index (κ1) is 24.4. The van der Waals surface area contributed by atoms with Crippen LogP contribution in [0.2, 0.25) is 0 Å². The smallest absolute Gasteiger partial charge is 0.308 e. The first-order chi connectivity index (χ1) is 17.0. The molecule has 0 saturated heterocycles. The maximum absolute atomic E-state index is 12.9. The zero-order chi connectivity index (χ0) is 24.8. The molecule has 0 unspecified atom stereocenters. The molecule has 0 saturated carbocycles. The molecular weight excluding hydrogens is 466 g/mol. The predicted molar refractivity (Wildman–Crippen MR) is 135 cm³/mol. The molecule has 0 amide bonds. The van der Waals surface area contributed by atoms with Gasteiger partial charge in [-0.1, -0.05) is 43.6 Å². The first-order valence-electron chi connectivity index (χ1n) is 11.5. The minimum Gasteiger partial charge on any atom is -0.494 e. The molecule has 2 aromatic heterocycles. The van der Waals surface area contributed by atoms with Gasteiger partial charge in [-0.15, -0.1) is 5.10 Å². The molecule has 2 heterocycles. The average Bonchev–Trinajstić information content (AvgIpc) is 3.39. The minimum atomic E-state index is -0.437. The number of unbranched alkanes of at least 4 members (excludes halogenated alkanes) is 3. The lowest BCUT2D eigenvalue weighted by molar-refractivity contribution is -0.132. The summed E-state index contributed by atoms with van der Waals surface area (Å²) in [6, 6.07) is 12.7. The molecule has 0 bridgehead atoms. The predicted octanol–water partition coefficient (Wildman–Crippen LogP) is 4.26. The molecule has 0 aliphatic heterocycles. The second kappa shape index (κ2) is 11.1. The zero-order valence-corrected chi connectivity index (χ0v) is 20.8. The van der Waals surface area contributed by atoms with Gasteiger partial charge in [-0.25, -0.2) is 0 Å². The van der Waals surface area contributed by atoms with Crippen molar-refractivity contribution in [3.8, 4) is 28.6 Å². The Kier molecular flexibility index (Phi) is 7.77. The van der Waals surface area contributed by atoms with Crippen LogP contribution in [0.1, 0.15) is 45.1 Å². The number of fused-ring (bicyclic) bond motifs is 1. The van der Waals surface area contributed by atoms with Crippen molar-refractivity contribution in [3.05, 3.63) is 62.9 Å². The highest BCUT2D eigenvalue weighted by Gasteiger charge is 2.13. The van der Waals surface area contributed by atoms with Gasteiger partial charge in [0.1, 0.15) is 5.75 Å². The number of nitrogens with zero attached hydrogens (tertiary/aromatic N) is 3. The molecule has 0 atom stereocenters. The van der Waals surface area contributed by atoms with Crippen LogP contribution >= 0.6 is 11.3 Å². The van der Waals surface area contributed by atoms with E-state index < -0.39 is 5.97 Å². The minimum absolute atomic E-state index is 0.251. The Balaban J connectivity index is 1.52. The van der Waals surface area contributed by atoms with Crippen LogP contribution in [0.25, 0.3) is 22.4 Å². The van der Waals surface area contributed by atoms with E-state index in [1.165, 1.54) is 49.1 Å². The molecule has 2 aromatic carbocycles. The summed E-state index contributed by atoms with van der Waals surface area (Å²) in [4.78, 5) is 29.2. The number of hydrogen-bond acceptors (Lipinski definition) is 8. The summed E-state index contributed by atoms with van der Waals surface area (Å²) < 4.78 is 18.0. The van der Waals surface area contributed by atoms with Gasteiger partial charge in [0.25, 0.3) is 5.56 Å². The lowest BCUT2D eigenvalue weighted by atomic mass is 10.2. The fraction of sp³-hybridized carbons (Fsp3) is 0.308. The standard InChI is InChI=1S/C26H27N3O5S/c1-4-5-6-7-14-33-20-11-9-19(10-12-20)24-27-26-29(28-24)25(31)23(35-26)16-18-8-13-21(34-17(2)30)22(15-18)32-3/h8-13,15-16H,4-7,14H2,1-3H3/b23-16+. The van der Waals surface area contributed by atoms with E-state index in [0.29, 0.717) is 33.4 Å². The molecule has 35 heavy (non-hydrogen) atoms. The van der Waals surface area contributed by atoms with Crippen LogP contribution in [-0.2, 0) is 4.79 Å². The van der Waals surface area contributed by atoms with Gasteiger partial charge in [0, 0.05) is 12.5 Å². The number of hydrogen-bond donors (Lipinski definition) is 0. The molecule has 4 aromatic rings. The zero-order valence-electron chi connectivity index (χ0n) is 19.9. The van der Waals surface area contributed by atoms with E-state index in [4.69, 9.17) is 14.2 Å². The van der Waals surface area contributed by atoms with E-state index in [1.807, 2.05) is 24.3 Å². The fourth-order valence-corrected chi connectivity index (χ4v) is 4.45. The number of carbonyl (C=O) groups is 1. The fourth-order valence-electron chi connectivity index (χ4n) is 3.54. The second-order valence-corrected chi connectivity index (χ2v) is 8.99. The number of ether oxygens (including phenoxy) is 3. The number of esters is 1. The maximum Gasteiger partial charge on any atom is 0.308 e. The van der Waals surface area contributed by atoms with Crippen LogP contribution in [0.5, 0.6) is 17.2 Å². The number of carbonyl (C=O) groups excluding carboxylic acids is 1. The monoisotopic (exact) mass is 493 g/mol. The van der Waals surface area contributed by atoms with Gasteiger partial charge >= 0.3 is 5.97 Å². The molecule has 8 nitrogen and oxygen atoms in total. The summed E-state index contributed by atoms with van der Waals surface area (Å²) in [7, 11) is 1.49. The van der Waals surface area contributed by atoms with Crippen molar-refractivity contribution >= 4 is 28.3 Å². The third kappa shape index (κ3) is 5.86. The Hall–Kier alpha value is -3.72. The maximum atomic E-state index is 12.9. The van der Waals surface area contributed by atoms with Gasteiger partial charge in [0.2, 0.25) is 4.96 Å². The van der Waals surface area contributed by atoms with E-state index >= 15 is 0 Å². The van der Waals surface area contributed by atoms with Crippen molar-refractivity contribution in [2.24, 2.45) is 0 Å². The third-order valence-corrected chi connectivity index (χ3v) is 6.26. The van der Waals surface area contributed by atoms with Gasteiger partial charge < -0.3 is 14.2 Å². The topological polar surface area (TPSA) is 92.0 Å². The Morgan fingerprint density at radius 2 is 1.89 bits per heavy atom. The van der Waals surface area contributed by atoms with E-state index in [-0.39, 0.29) is 5.56 Å². The molecular formula is C26H27N3O5S.